The Morgan fingerprint density at radius 3 is 2.65 bits per heavy atom. The van der Waals surface area contributed by atoms with E-state index in [1.165, 1.54) is 16.0 Å². The van der Waals surface area contributed by atoms with Crippen molar-refractivity contribution in [2.24, 2.45) is 0 Å². The van der Waals surface area contributed by atoms with Crippen LogP contribution in [0.5, 0.6) is 0 Å². The average Bonchev–Trinajstić information content (AvgIpc) is 2.37. The van der Waals surface area contributed by atoms with Crippen molar-refractivity contribution in [3.05, 3.63) is 47.3 Å². The van der Waals surface area contributed by atoms with Crippen LogP contribution in [0.4, 0.5) is 0 Å². The van der Waals surface area contributed by atoms with E-state index >= 15 is 0 Å². The molecule has 0 saturated heterocycles. The molecule has 1 aromatic heterocycles. The Kier molecular flexibility index (Phi) is 5.15. The zero-order chi connectivity index (χ0) is 14.5. The largest absolute Gasteiger partial charge is 0.310 e. The van der Waals surface area contributed by atoms with E-state index in [0.717, 1.165) is 17.4 Å². The Labute approximate surface area is 125 Å². The van der Waals surface area contributed by atoms with E-state index in [1.54, 1.807) is 18.0 Å². The molecule has 1 N–H and O–H groups in total. The quantitative estimate of drug-likeness (QED) is 0.850. The fourth-order valence-corrected chi connectivity index (χ4v) is 2.71. The number of nitrogens with one attached hydrogen (secondary N) is 1. The summed E-state index contributed by atoms with van der Waals surface area (Å²) in [6, 6.07) is 8.94. The lowest BCUT2D eigenvalue weighted by atomic mass is 10.1. The summed E-state index contributed by atoms with van der Waals surface area (Å²) in [5.74, 6) is 0. The summed E-state index contributed by atoms with van der Waals surface area (Å²) in [6.45, 7) is 9.37. The van der Waals surface area contributed by atoms with Gasteiger partial charge >= 0.3 is 0 Å². The highest BCUT2D eigenvalue weighted by Gasteiger charge is 2.04. The molecule has 3 nitrogen and oxygen atoms in total. The predicted octanol–water partition coefficient (Wildman–Crippen LogP) is 3.74. The van der Waals surface area contributed by atoms with Crippen LogP contribution in [0, 0.1) is 13.8 Å². The van der Waals surface area contributed by atoms with Gasteiger partial charge in [0.25, 0.3) is 0 Å². The van der Waals surface area contributed by atoms with E-state index in [2.05, 4.69) is 54.3 Å². The van der Waals surface area contributed by atoms with Crippen LogP contribution in [0.25, 0.3) is 0 Å². The first-order valence-electron chi connectivity index (χ1n) is 6.85. The van der Waals surface area contributed by atoms with E-state index in [9.17, 15) is 0 Å². The first-order valence-corrected chi connectivity index (χ1v) is 7.66. The molecule has 2 rings (SSSR count). The normalized spacial score (nSPS) is 11.1. The number of hydrogen-bond donors (Lipinski definition) is 1. The lowest BCUT2D eigenvalue weighted by Crippen LogP contribution is -2.22. The molecule has 1 aromatic carbocycles. The molecule has 0 spiro atoms. The topological polar surface area (TPSA) is 37.8 Å². The van der Waals surface area contributed by atoms with Crippen molar-refractivity contribution in [1.82, 2.24) is 15.3 Å². The highest BCUT2D eigenvalue weighted by Crippen LogP contribution is 2.26. The molecule has 0 bridgehead atoms. The van der Waals surface area contributed by atoms with Gasteiger partial charge in [-0.05, 0) is 54.9 Å². The molecule has 0 saturated carbocycles. The molecule has 0 amide bonds. The van der Waals surface area contributed by atoms with Gasteiger partial charge in [0.05, 0.1) is 0 Å². The van der Waals surface area contributed by atoms with E-state index in [-0.39, 0.29) is 0 Å². The van der Waals surface area contributed by atoms with Crippen molar-refractivity contribution >= 4 is 11.8 Å². The second-order valence-corrected chi connectivity index (χ2v) is 6.25. The Bertz CT molecular complexity index is 582. The number of rotatable bonds is 5. The maximum absolute atomic E-state index is 4.42. The SMILES string of the molecule is Cc1ccnc(Sc2ccc(CNC(C)C)c(C)c2)n1. The molecule has 0 fully saturated rings. The van der Waals surface area contributed by atoms with E-state index in [0.29, 0.717) is 6.04 Å². The van der Waals surface area contributed by atoms with Gasteiger partial charge < -0.3 is 5.32 Å². The zero-order valence-corrected chi connectivity index (χ0v) is 13.3. The summed E-state index contributed by atoms with van der Waals surface area (Å²) in [4.78, 5) is 9.89. The summed E-state index contributed by atoms with van der Waals surface area (Å²) in [7, 11) is 0. The molecule has 0 aliphatic carbocycles. The lowest BCUT2D eigenvalue weighted by molar-refractivity contribution is 0.587. The number of hydrogen-bond acceptors (Lipinski definition) is 4. The second-order valence-electron chi connectivity index (χ2n) is 5.21. The fraction of sp³-hybridized carbons (Fsp3) is 0.375. The monoisotopic (exact) mass is 287 g/mol. The van der Waals surface area contributed by atoms with E-state index < -0.39 is 0 Å². The van der Waals surface area contributed by atoms with Crippen molar-refractivity contribution in [2.45, 2.75) is 50.3 Å². The third kappa shape index (κ3) is 4.32. The van der Waals surface area contributed by atoms with Gasteiger partial charge in [0.2, 0.25) is 0 Å². The Morgan fingerprint density at radius 2 is 2.00 bits per heavy atom. The Balaban J connectivity index is 2.09. The van der Waals surface area contributed by atoms with Gasteiger partial charge in [-0.3, -0.25) is 0 Å². The summed E-state index contributed by atoms with van der Waals surface area (Å²) in [6.07, 6.45) is 1.80. The lowest BCUT2D eigenvalue weighted by Gasteiger charge is -2.11. The van der Waals surface area contributed by atoms with Crippen molar-refractivity contribution in [3.63, 3.8) is 0 Å². The van der Waals surface area contributed by atoms with Crippen molar-refractivity contribution in [1.29, 1.82) is 0 Å². The minimum atomic E-state index is 0.504. The van der Waals surface area contributed by atoms with Gasteiger partial charge in [-0.15, -0.1) is 0 Å². The highest BCUT2D eigenvalue weighted by molar-refractivity contribution is 7.99. The zero-order valence-electron chi connectivity index (χ0n) is 12.5. The number of aromatic nitrogens is 2. The summed E-state index contributed by atoms with van der Waals surface area (Å²) < 4.78 is 0. The number of benzene rings is 1. The van der Waals surface area contributed by atoms with Gasteiger partial charge in [-0.2, -0.15) is 0 Å². The third-order valence-electron chi connectivity index (χ3n) is 3.00. The molecule has 0 radical (unpaired) electrons. The van der Waals surface area contributed by atoms with E-state index in [1.807, 2.05) is 13.0 Å². The van der Waals surface area contributed by atoms with Crippen LogP contribution in [0.3, 0.4) is 0 Å². The number of aryl methyl sites for hydroxylation is 2. The molecule has 0 aliphatic rings. The van der Waals surface area contributed by atoms with Crippen LogP contribution in [0.2, 0.25) is 0 Å². The van der Waals surface area contributed by atoms with Crippen molar-refractivity contribution < 1.29 is 0 Å². The molecule has 4 heteroatoms. The van der Waals surface area contributed by atoms with Crippen molar-refractivity contribution in [3.8, 4) is 0 Å². The molecule has 0 aliphatic heterocycles. The molecule has 1 heterocycles. The van der Waals surface area contributed by atoms with Crippen LogP contribution >= 0.6 is 11.8 Å². The highest BCUT2D eigenvalue weighted by atomic mass is 32.2. The Hall–Kier alpha value is -1.39. The molecule has 0 unspecified atom stereocenters. The average molecular weight is 287 g/mol. The molecular weight excluding hydrogens is 266 g/mol. The molecule has 2 aromatic rings. The van der Waals surface area contributed by atoms with Gasteiger partial charge in [-0.25, -0.2) is 9.97 Å². The summed E-state index contributed by atoms with van der Waals surface area (Å²) >= 11 is 1.61. The van der Waals surface area contributed by atoms with E-state index in [4.69, 9.17) is 0 Å². The fourth-order valence-electron chi connectivity index (χ4n) is 1.82. The van der Waals surface area contributed by atoms with Crippen LogP contribution in [0.15, 0.2) is 40.5 Å². The minimum absolute atomic E-state index is 0.504. The van der Waals surface area contributed by atoms with Crippen LogP contribution in [-0.2, 0) is 6.54 Å². The smallest absolute Gasteiger partial charge is 0.192 e. The third-order valence-corrected chi connectivity index (χ3v) is 3.87. The van der Waals surface area contributed by atoms with Gasteiger partial charge in [0, 0.05) is 29.4 Å². The Morgan fingerprint density at radius 1 is 1.20 bits per heavy atom. The minimum Gasteiger partial charge on any atom is -0.310 e. The first kappa shape index (κ1) is 15.0. The van der Waals surface area contributed by atoms with Gasteiger partial charge in [-0.1, -0.05) is 19.9 Å². The number of nitrogens with zero attached hydrogens (tertiary/aromatic N) is 2. The van der Waals surface area contributed by atoms with Crippen LogP contribution < -0.4 is 5.32 Å². The summed E-state index contributed by atoms with van der Waals surface area (Å²) in [5, 5.41) is 4.25. The van der Waals surface area contributed by atoms with Crippen LogP contribution in [0.1, 0.15) is 30.7 Å². The summed E-state index contributed by atoms with van der Waals surface area (Å²) in [5.41, 5.74) is 3.64. The maximum atomic E-state index is 4.42. The molecule has 106 valence electrons. The van der Waals surface area contributed by atoms with Gasteiger partial charge in [0.1, 0.15) is 0 Å². The maximum Gasteiger partial charge on any atom is 0.192 e. The standard InChI is InChI=1S/C16H21N3S/c1-11(2)18-10-14-5-6-15(9-12(14)3)20-16-17-8-7-13(4)19-16/h5-9,11,18H,10H2,1-4H3. The predicted molar refractivity (Wildman–Crippen MR) is 84.0 cm³/mol. The molecular formula is C16H21N3S. The first-order chi connectivity index (χ1) is 9.54. The second kappa shape index (κ2) is 6.86. The molecule has 0 atom stereocenters. The van der Waals surface area contributed by atoms with Gasteiger partial charge in [0.15, 0.2) is 5.16 Å². The van der Waals surface area contributed by atoms with Crippen molar-refractivity contribution in [2.75, 3.05) is 0 Å². The molecule has 20 heavy (non-hydrogen) atoms. The van der Waals surface area contributed by atoms with Crippen LogP contribution in [-0.4, -0.2) is 16.0 Å².